The molecule has 2 aliphatic heterocycles. The molecular formula is C23H30F3N3O4. The van der Waals surface area contributed by atoms with Crippen LogP contribution in [0.5, 0.6) is 0 Å². The second-order valence-electron chi connectivity index (χ2n) is 9.38. The number of nitrogens with zero attached hydrogens (tertiary/aromatic N) is 3. The summed E-state index contributed by atoms with van der Waals surface area (Å²) >= 11 is 0. The molecule has 10 heteroatoms. The molecule has 0 saturated carbocycles. The zero-order valence-corrected chi connectivity index (χ0v) is 19.2. The van der Waals surface area contributed by atoms with Crippen molar-refractivity contribution < 1.29 is 32.3 Å². The quantitative estimate of drug-likeness (QED) is 0.661. The minimum atomic E-state index is -4.46. The normalized spacial score (nSPS) is 19.9. The third-order valence-electron chi connectivity index (χ3n) is 5.75. The van der Waals surface area contributed by atoms with Crippen molar-refractivity contribution in [2.45, 2.75) is 57.9 Å². The fraction of sp³-hybridized carbons (Fsp3) is 0.609. The minimum absolute atomic E-state index is 0.165. The molecule has 3 amide bonds. The molecule has 2 heterocycles. The molecule has 0 N–H and O–H groups in total. The summed E-state index contributed by atoms with van der Waals surface area (Å²) in [6.07, 6.45) is -2.76. The lowest BCUT2D eigenvalue weighted by molar-refractivity contribution is -0.139. The van der Waals surface area contributed by atoms with Crippen LogP contribution in [0.15, 0.2) is 24.3 Å². The van der Waals surface area contributed by atoms with Gasteiger partial charge in [0.2, 0.25) is 5.91 Å². The van der Waals surface area contributed by atoms with E-state index in [0.717, 1.165) is 25.0 Å². The Hall–Kier alpha value is -2.78. The van der Waals surface area contributed by atoms with Gasteiger partial charge in [0, 0.05) is 38.3 Å². The van der Waals surface area contributed by atoms with Crippen molar-refractivity contribution in [3.05, 3.63) is 35.4 Å². The van der Waals surface area contributed by atoms with Crippen LogP contribution in [-0.4, -0.2) is 77.0 Å². The van der Waals surface area contributed by atoms with Gasteiger partial charge in [-0.05, 0) is 64.3 Å². The summed E-state index contributed by atoms with van der Waals surface area (Å²) in [5.41, 5.74) is -1.30. The van der Waals surface area contributed by atoms with Crippen LogP contribution in [-0.2, 0) is 15.7 Å². The number of alkyl halides is 3. The molecule has 7 nitrogen and oxygen atoms in total. The molecule has 1 aromatic rings. The van der Waals surface area contributed by atoms with Crippen LogP contribution in [0.25, 0.3) is 0 Å². The monoisotopic (exact) mass is 469 g/mol. The summed E-state index contributed by atoms with van der Waals surface area (Å²) in [6.45, 7) is 6.91. The van der Waals surface area contributed by atoms with Crippen molar-refractivity contribution in [2.24, 2.45) is 0 Å². The number of hydrogen-bond acceptors (Lipinski definition) is 4. The highest BCUT2D eigenvalue weighted by Crippen LogP contribution is 2.29. The minimum Gasteiger partial charge on any atom is -0.444 e. The molecule has 2 aliphatic rings. The zero-order valence-electron chi connectivity index (χ0n) is 19.2. The van der Waals surface area contributed by atoms with Crippen LogP contribution < -0.4 is 0 Å². The smallest absolute Gasteiger partial charge is 0.416 e. The van der Waals surface area contributed by atoms with E-state index in [1.165, 1.54) is 21.9 Å². The number of rotatable bonds is 2. The number of carbonyl (C=O) groups excluding carboxylic acids is 3. The standard InChI is InChI=1S/C23H30F3N3O4/c1-22(2,3)33-21(32)29-11-5-4-6-18(29)20(31)28-14-12-27(13-15-28)19(30)16-7-9-17(10-8-16)23(24,25)26/h7-10,18H,4-6,11-15H2,1-3H3. The van der Waals surface area contributed by atoms with E-state index < -0.39 is 29.5 Å². The maximum atomic E-state index is 13.2. The number of halogens is 3. The Morgan fingerprint density at radius 3 is 2.00 bits per heavy atom. The van der Waals surface area contributed by atoms with Crippen molar-refractivity contribution in [1.29, 1.82) is 0 Å². The van der Waals surface area contributed by atoms with Gasteiger partial charge in [-0.3, -0.25) is 14.5 Å². The molecule has 0 aromatic heterocycles. The molecule has 0 radical (unpaired) electrons. The summed E-state index contributed by atoms with van der Waals surface area (Å²) in [4.78, 5) is 43.1. The highest BCUT2D eigenvalue weighted by atomic mass is 19.4. The van der Waals surface area contributed by atoms with E-state index in [9.17, 15) is 27.6 Å². The number of hydrogen-bond donors (Lipinski definition) is 0. The Morgan fingerprint density at radius 2 is 1.45 bits per heavy atom. The zero-order chi connectivity index (χ0) is 24.4. The van der Waals surface area contributed by atoms with Crippen molar-refractivity contribution in [3.8, 4) is 0 Å². The maximum absolute atomic E-state index is 13.2. The van der Waals surface area contributed by atoms with Gasteiger partial charge in [-0.15, -0.1) is 0 Å². The van der Waals surface area contributed by atoms with Gasteiger partial charge < -0.3 is 14.5 Å². The first-order valence-electron chi connectivity index (χ1n) is 11.1. The number of piperazine rings is 1. The average molecular weight is 470 g/mol. The molecule has 2 saturated heterocycles. The Bertz CT molecular complexity index is 872. The highest BCUT2D eigenvalue weighted by Gasteiger charge is 2.38. The molecule has 3 rings (SSSR count). The van der Waals surface area contributed by atoms with Gasteiger partial charge in [-0.2, -0.15) is 13.2 Å². The van der Waals surface area contributed by atoms with Crippen LogP contribution in [0, 0.1) is 0 Å². The SMILES string of the molecule is CC(C)(C)OC(=O)N1CCCCC1C(=O)N1CCN(C(=O)c2ccc(C(F)(F)F)cc2)CC1. The number of piperidine rings is 1. The first-order valence-corrected chi connectivity index (χ1v) is 11.1. The molecule has 0 spiro atoms. The molecular weight excluding hydrogens is 439 g/mol. The largest absolute Gasteiger partial charge is 0.444 e. The highest BCUT2D eigenvalue weighted by molar-refractivity contribution is 5.94. The second kappa shape index (κ2) is 9.61. The lowest BCUT2D eigenvalue weighted by atomic mass is 10.0. The van der Waals surface area contributed by atoms with Crippen molar-refractivity contribution in [1.82, 2.24) is 14.7 Å². The summed E-state index contributed by atoms with van der Waals surface area (Å²) < 4.78 is 43.7. The molecule has 0 aliphatic carbocycles. The number of amides is 3. The predicted octanol–water partition coefficient (Wildman–Crippen LogP) is 3.78. The van der Waals surface area contributed by atoms with Crippen LogP contribution >= 0.6 is 0 Å². The fourth-order valence-corrected chi connectivity index (χ4v) is 4.05. The summed E-state index contributed by atoms with van der Waals surface area (Å²) in [6, 6.07) is 3.53. The molecule has 33 heavy (non-hydrogen) atoms. The molecule has 2 fully saturated rings. The van der Waals surface area contributed by atoms with Crippen LogP contribution in [0.3, 0.4) is 0 Å². The molecule has 0 bridgehead atoms. The summed E-state index contributed by atoms with van der Waals surface area (Å²) in [5, 5.41) is 0. The Balaban J connectivity index is 1.59. The van der Waals surface area contributed by atoms with Crippen molar-refractivity contribution in [3.63, 3.8) is 0 Å². The van der Waals surface area contributed by atoms with Gasteiger partial charge in [-0.25, -0.2) is 4.79 Å². The first kappa shape index (κ1) is 24.9. The van der Waals surface area contributed by atoms with E-state index >= 15 is 0 Å². The van der Waals surface area contributed by atoms with Gasteiger partial charge in [0.1, 0.15) is 11.6 Å². The Morgan fingerprint density at radius 1 is 0.879 bits per heavy atom. The predicted molar refractivity (Wildman–Crippen MR) is 115 cm³/mol. The Labute approximate surface area is 191 Å². The second-order valence-corrected chi connectivity index (χ2v) is 9.38. The van der Waals surface area contributed by atoms with Gasteiger partial charge >= 0.3 is 12.3 Å². The van der Waals surface area contributed by atoms with Gasteiger partial charge in [-0.1, -0.05) is 0 Å². The molecule has 1 unspecified atom stereocenters. The van der Waals surface area contributed by atoms with E-state index in [1.54, 1.807) is 25.7 Å². The van der Waals surface area contributed by atoms with E-state index in [-0.39, 0.29) is 30.5 Å². The molecule has 1 aromatic carbocycles. The number of carbonyl (C=O) groups is 3. The molecule has 1 atom stereocenters. The average Bonchev–Trinajstić information content (AvgIpc) is 2.76. The van der Waals surface area contributed by atoms with Crippen molar-refractivity contribution >= 4 is 17.9 Å². The fourth-order valence-electron chi connectivity index (χ4n) is 4.05. The third kappa shape index (κ3) is 6.17. The van der Waals surface area contributed by atoms with E-state index in [4.69, 9.17) is 4.74 Å². The first-order chi connectivity index (χ1) is 15.4. The van der Waals surface area contributed by atoms with Crippen LogP contribution in [0.4, 0.5) is 18.0 Å². The van der Waals surface area contributed by atoms with Gasteiger partial charge in [0.25, 0.3) is 5.91 Å². The topological polar surface area (TPSA) is 70.2 Å². The third-order valence-corrected chi connectivity index (χ3v) is 5.75. The Kier molecular flexibility index (Phi) is 7.23. The van der Waals surface area contributed by atoms with E-state index in [1.807, 2.05) is 0 Å². The molecule has 182 valence electrons. The van der Waals surface area contributed by atoms with Crippen LogP contribution in [0.2, 0.25) is 0 Å². The van der Waals surface area contributed by atoms with E-state index in [0.29, 0.717) is 26.1 Å². The lowest BCUT2D eigenvalue weighted by Crippen LogP contribution is -2.58. The number of benzene rings is 1. The summed E-state index contributed by atoms with van der Waals surface area (Å²) in [5.74, 6) is -0.536. The van der Waals surface area contributed by atoms with Crippen LogP contribution in [0.1, 0.15) is 56.0 Å². The number of ether oxygens (including phenoxy) is 1. The van der Waals surface area contributed by atoms with Crippen molar-refractivity contribution in [2.75, 3.05) is 32.7 Å². The maximum Gasteiger partial charge on any atom is 0.416 e. The lowest BCUT2D eigenvalue weighted by Gasteiger charge is -2.41. The van der Waals surface area contributed by atoms with Gasteiger partial charge in [0.05, 0.1) is 5.56 Å². The van der Waals surface area contributed by atoms with Gasteiger partial charge in [0.15, 0.2) is 0 Å². The number of likely N-dealkylation sites (tertiary alicyclic amines) is 1. The summed E-state index contributed by atoms with van der Waals surface area (Å²) in [7, 11) is 0. The van der Waals surface area contributed by atoms with E-state index in [2.05, 4.69) is 0 Å².